The largest absolute Gasteiger partial charge is 0.492 e. The summed E-state index contributed by atoms with van der Waals surface area (Å²) in [5.41, 5.74) is 5.48. The number of benzene rings is 3. The number of ether oxygens (including phenoxy) is 4. The second kappa shape index (κ2) is 13.5. The number of allylic oxidation sites excluding steroid dienone is 1. The number of nitrogens with one attached hydrogen (secondary N) is 1. The van der Waals surface area contributed by atoms with Crippen LogP contribution >= 0.6 is 0 Å². The molecule has 6 nitrogen and oxygen atoms in total. The molecule has 0 radical (unpaired) electrons. The van der Waals surface area contributed by atoms with Crippen molar-refractivity contribution in [3.05, 3.63) is 83.4 Å². The van der Waals surface area contributed by atoms with E-state index < -0.39 is 0 Å². The van der Waals surface area contributed by atoms with E-state index in [0.717, 1.165) is 64.9 Å². The Bertz CT molecular complexity index is 1310. The van der Waals surface area contributed by atoms with E-state index in [1.54, 1.807) is 0 Å². The second-order valence-electron chi connectivity index (χ2n) is 10.5. The van der Waals surface area contributed by atoms with Crippen molar-refractivity contribution in [2.45, 2.75) is 52.4 Å². The average molecular weight is 542 g/mol. The van der Waals surface area contributed by atoms with E-state index in [4.69, 9.17) is 18.9 Å². The summed E-state index contributed by atoms with van der Waals surface area (Å²) < 4.78 is 22.5. The molecule has 2 aliphatic rings. The molecule has 3 aromatic carbocycles. The zero-order valence-electron chi connectivity index (χ0n) is 23.5. The van der Waals surface area contributed by atoms with Crippen LogP contribution in [-0.4, -0.2) is 32.5 Å². The van der Waals surface area contributed by atoms with Gasteiger partial charge in [0.2, 0.25) is 6.79 Å². The molecule has 0 unspecified atom stereocenters. The Kier molecular flexibility index (Phi) is 9.40. The molecule has 0 spiro atoms. The van der Waals surface area contributed by atoms with Crippen molar-refractivity contribution in [1.82, 2.24) is 5.32 Å². The van der Waals surface area contributed by atoms with Crippen LogP contribution in [0.15, 0.2) is 66.7 Å². The number of carbonyl (C=O) groups is 1. The molecule has 1 aliphatic carbocycles. The Hall–Kier alpha value is -3.77. The summed E-state index contributed by atoms with van der Waals surface area (Å²) in [6.45, 7) is 6.39. The summed E-state index contributed by atoms with van der Waals surface area (Å²) in [7, 11) is 0. The Morgan fingerprint density at radius 2 is 1.50 bits per heavy atom. The molecule has 0 saturated heterocycles. The van der Waals surface area contributed by atoms with Crippen LogP contribution in [0, 0.1) is 5.92 Å². The first-order valence-corrected chi connectivity index (χ1v) is 14.5. The third-order valence-electron chi connectivity index (χ3n) is 7.63. The van der Waals surface area contributed by atoms with E-state index in [1.807, 2.05) is 48.5 Å². The molecule has 0 bridgehead atoms. The van der Waals surface area contributed by atoms with Crippen LogP contribution in [0.1, 0.15) is 69.1 Å². The minimum atomic E-state index is -0.335. The smallest absolute Gasteiger partial charge is 0.308 e. The van der Waals surface area contributed by atoms with Crippen LogP contribution in [0.25, 0.3) is 11.1 Å². The number of rotatable bonds is 11. The van der Waals surface area contributed by atoms with Gasteiger partial charge < -0.3 is 24.3 Å². The fourth-order valence-electron chi connectivity index (χ4n) is 5.64. The summed E-state index contributed by atoms with van der Waals surface area (Å²) in [4.78, 5) is 11.4. The van der Waals surface area contributed by atoms with Crippen molar-refractivity contribution in [3.63, 3.8) is 0 Å². The molecule has 0 atom stereocenters. The van der Waals surface area contributed by atoms with Gasteiger partial charge in [0, 0.05) is 13.5 Å². The number of fused-ring (bicyclic) bond motifs is 1. The normalized spacial score (nSPS) is 15.4. The summed E-state index contributed by atoms with van der Waals surface area (Å²) in [5.74, 6) is 3.39. The molecule has 5 rings (SSSR count). The van der Waals surface area contributed by atoms with Crippen molar-refractivity contribution in [1.29, 1.82) is 0 Å². The minimum Gasteiger partial charge on any atom is -0.492 e. The maximum Gasteiger partial charge on any atom is 0.308 e. The average Bonchev–Trinajstić information content (AvgIpc) is 3.45. The third-order valence-corrected chi connectivity index (χ3v) is 7.63. The lowest BCUT2D eigenvalue weighted by molar-refractivity contribution is -0.131. The molecule has 0 aromatic heterocycles. The van der Waals surface area contributed by atoms with Gasteiger partial charge >= 0.3 is 5.97 Å². The van der Waals surface area contributed by atoms with E-state index in [2.05, 4.69) is 30.4 Å². The van der Waals surface area contributed by atoms with Crippen molar-refractivity contribution in [2.75, 3.05) is 26.5 Å². The Morgan fingerprint density at radius 1 is 0.850 bits per heavy atom. The van der Waals surface area contributed by atoms with Crippen molar-refractivity contribution in [3.8, 4) is 23.0 Å². The first-order valence-electron chi connectivity index (χ1n) is 14.5. The first kappa shape index (κ1) is 27.8. The van der Waals surface area contributed by atoms with Crippen molar-refractivity contribution < 1.29 is 23.7 Å². The lowest BCUT2D eigenvalue weighted by Crippen LogP contribution is -2.28. The Morgan fingerprint density at radius 3 is 2.17 bits per heavy atom. The molecule has 1 aliphatic heterocycles. The van der Waals surface area contributed by atoms with Gasteiger partial charge in [-0.15, -0.1) is 0 Å². The van der Waals surface area contributed by atoms with Gasteiger partial charge in [-0.25, -0.2) is 0 Å². The predicted molar refractivity (Wildman–Crippen MR) is 158 cm³/mol. The van der Waals surface area contributed by atoms with Crippen LogP contribution in [0.5, 0.6) is 23.0 Å². The zero-order chi connectivity index (χ0) is 27.7. The van der Waals surface area contributed by atoms with E-state index in [0.29, 0.717) is 12.4 Å². The van der Waals surface area contributed by atoms with Gasteiger partial charge in [-0.1, -0.05) is 56.5 Å². The van der Waals surface area contributed by atoms with Crippen molar-refractivity contribution in [2.24, 2.45) is 5.92 Å². The highest BCUT2D eigenvalue weighted by Crippen LogP contribution is 2.40. The molecule has 3 aromatic rings. The Balaban J connectivity index is 1.35. The summed E-state index contributed by atoms with van der Waals surface area (Å²) in [6, 6.07) is 22.1. The van der Waals surface area contributed by atoms with Gasteiger partial charge in [0.25, 0.3) is 0 Å². The molecule has 6 heteroatoms. The standard InChI is InChI=1S/C34H39NO5/c1-3-31(28-13-18-32-33(21-28)39-23-38-32)34(27-11-16-30(17-12-27)40-24(2)36)26-9-14-29(15-10-26)37-20-19-35-22-25-7-5-4-6-8-25/h9-18,21,25,35H,3-8,19-20,22-23H2,1-2H3. The molecule has 1 heterocycles. The van der Waals surface area contributed by atoms with Gasteiger partial charge in [-0.3, -0.25) is 4.79 Å². The summed E-state index contributed by atoms with van der Waals surface area (Å²) >= 11 is 0. The van der Waals surface area contributed by atoms with Gasteiger partial charge in [0.15, 0.2) is 11.5 Å². The number of hydrogen-bond donors (Lipinski definition) is 1. The van der Waals surface area contributed by atoms with Crippen LogP contribution in [0.4, 0.5) is 0 Å². The lowest BCUT2D eigenvalue weighted by Gasteiger charge is -2.21. The highest BCUT2D eigenvalue weighted by molar-refractivity contribution is 5.99. The first-order chi connectivity index (χ1) is 19.6. The maximum atomic E-state index is 11.4. The van der Waals surface area contributed by atoms with Crippen LogP contribution in [0.3, 0.4) is 0 Å². The monoisotopic (exact) mass is 541 g/mol. The highest BCUT2D eigenvalue weighted by Gasteiger charge is 2.18. The van der Waals surface area contributed by atoms with Gasteiger partial charge in [0.05, 0.1) is 0 Å². The molecular formula is C34H39NO5. The minimum absolute atomic E-state index is 0.242. The fraction of sp³-hybridized carbons (Fsp3) is 0.382. The molecule has 1 N–H and O–H groups in total. The summed E-state index contributed by atoms with van der Waals surface area (Å²) in [5, 5.41) is 3.57. The quantitative estimate of drug-likeness (QED) is 0.119. The highest BCUT2D eigenvalue weighted by atomic mass is 16.7. The predicted octanol–water partition coefficient (Wildman–Crippen LogP) is 7.26. The SMILES string of the molecule is CCC(=C(c1ccc(OCCNCC2CCCCC2)cc1)c1ccc(OC(C)=O)cc1)c1ccc2c(c1)OCO2. The molecule has 40 heavy (non-hydrogen) atoms. The van der Waals surface area contributed by atoms with Crippen LogP contribution < -0.4 is 24.3 Å². The maximum absolute atomic E-state index is 11.4. The molecule has 1 saturated carbocycles. The van der Waals surface area contributed by atoms with Gasteiger partial charge in [-0.2, -0.15) is 0 Å². The van der Waals surface area contributed by atoms with E-state index in [-0.39, 0.29) is 12.8 Å². The van der Waals surface area contributed by atoms with Gasteiger partial charge in [-0.05, 0) is 96.0 Å². The van der Waals surface area contributed by atoms with Crippen molar-refractivity contribution >= 4 is 17.1 Å². The van der Waals surface area contributed by atoms with Crippen LogP contribution in [0.2, 0.25) is 0 Å². The van der Waals surface area contributed by atoms with E-state index in [9.17, 15) is 4.79 Å². The molecule has 1 fully saturated rings. The van der Waals surface area contributed by atoms with Crippen LogP contribution in [-0.2, 0) is 4.79 Å². The molecular weight excluding hydrogens is 502 g/mol. The number of hydrogen-bond acceptors (Lipinski definition) is 6. The van der Waals surface area contributed by atoms with E-state index >= 15 is 0 Å². The lowest BCUT2D eigenvalue weighted by atomic mass is 9.88. The second-order valence-corrected chi connectivity index (χ2v) is 10.5. The third kappa shape index (κ3) is 7.05. The van der Waals surface area contributed by atoms with E-state index in [1.165, 1.54) is 44.6 Å². The zero-order valence-corrected chi connectivity index (χ0v) is 23.5. The number of carbonyl (C=O) groups excluding carboxylic acids is 1. The Labute approximate surface area is 237 Å². The van der Waals surface area contributed by atoms with Gasteiger partial charge in [0.1, 0.15) is 18.1 Å². The molecule has 210 valence electrons. The number of esters is 1. The fourth-order valence-corrected chi connectivity index (χ4v) is 5.64. The summed E-state index contributed by atoms with van der Waals surface area (Å²) in [6.07, 6.45) is 7.65. The topological polar surface area (TPSA) is 66.0 Å². The molecule has 0 amide bonds.